The topological polar surface area (TPSA) is 72.2 Å². The predicted molar refractivity (Wildman–Crippen MR) is 120 cm³/mol. The van der Waals surface area contributed by atoms with Crippen LogP contribution >= 0.6 is 23.4 Å². The lowest BCUT2D eigenvalue weighted by molar-refractivity contribution is -0.120. The van der Waals surface area contributed by atoms with Gasteiger partial charge in [-0.2, -0.15) is 4.98 Å². The first-order valence-electron chi connectivity index (χ1n) is 10.2. The summed E-state index contributed by atoms with van der Waals surface area (Å²) in [6, 6.07) is 8.07. The van der Waals surface area contributed by atoms with E-state index in [1.165, 1.54) is 30.2 Å². The molecule has 2 aromatic heterocycles. The molecule has 0 radical (unpaired) electrons. The van der Waals surface area contributed by atoms with E-state index in [0.717, 1.165) is 34.8 Å². The molecule has 1 aliphatic carbocycles. The highest BCUT2D eigenvalue weighted by atomic mass is 35.5. The van der Waals surface area contributed by atoms with Gasteiger partial charge in [0.15, 0.2) is 0 Å². The van der Waals surface area contributed by atoms with Crippen LogP contribution in [0, 0.1) is 13.8 Å². The van der Waals surface area contributed by atoms with E-state index in [9.17, 15) is 4.79 Å². The molecule has 3 aromatic rings. The number of hydrogen-bond donors (Lipinski definition) is 1. The molecule has 0 atom stereocenters. The third kappa shape index (κ3) is 4.05. The second-order valence-corrected chi connectivity index (χ2v) is 9.23. The second-order valence-electron chi connectivity index (χ2n) is 8.02. The van der Waals surface area contributed by atoms with Gasteiger partial charge in [0.1, 0.15) is 0 Å². The van der Waals surface area contributed by atoms with E-state index in [1.54, 1.807) is 4.52 Å². The first-order valence-corrected chi connectivity index (χ1v) is 11.8. The molecule has 0 saturated heterocycles. The lowest BCUT2D eigenvalue weighted by Crippen LogP contribution is -2.39. The maximum absolute atomic E-state index is 12.9. The van der Waals surface area contributed by atoms with Gasteiger partial charge >= 0.3 is 0 Å². The predicted octanol–water partition coefficient (Wildman–Crippen LogP) is 4.29. The fourth-order valence-corrected chi connectivity index (χ4v) is 4.91. The largest absolute Gasteiger partial charge is 0.355 e. The van der Waals surface area contributed by atoms with Crippen LogP contribution < -0.4 is 5.32 Å². The van der Waals surface area contributed by atoms with E-state index in [1.807, 2.05) is 32.2 Å². The van der Waals surface area contributed by atoms with Crippen LogP contribution in [-0.2, 0) is 16.6 Å². The number of aromatic nitrogens is 4. The van der Waals surface area contributed by atoms with Gasteiger partial charge in [0.2, 0.25) is 11.1 Å². The SMILES string of the molecule is CSc1nc2nc(C)c(CC(=O)NCC3(c4ccc(Cl)cc4)CCCC3)c(C)n2n1. The maximum atomic E-state index is 12.9. The van der Waals surface area contributed by atoms with E-state index < -0.39 is 0 Å². The number of carbonyl (C=O) groups is 1. The molecule has 1 amide bonds. The van der Waals surface area contributed by atoms with Gasteiger partial charge in [0.05, 0.1) is 6.42 Å². The summed E-state index contributed by atoms with van der Waals surface area (Å²) in [7, 11) is 0. The number of fused-ring (bicyclic) bond motifs is 1. The summed E-state index contributed by atoms with van der Waals surface area (Å²) in [4.78, 5) is 21.8. The fourth-order valence-electron chi connectivity index (χ4n) is 4.45. The minimum Gasteiger partial charge on any atom is -0.355 e. The minimum atomic E-state index is -0.00824. The van der Waals surface area contributed by atoms with Gasteiger partial charge in [-0.1, -0.05) is 48.3 Å². The Morgan fingerprint density at radius 1 is 1.20 bits per heavy atom. The van der Waals surface area contributed by atoms with Crippen molar-refractivity contribution in [1.29, 1.82) is 0 Å². The molecule has 0 spiro atoms. The monoisotopic (exact) mass is 443 g/mol. The van der Waals surface area contributed by atoms with Crippen molar-refractivity contribution in [3.05, 3.63) is 51.8 Å². The number of aryl methyl sites for hydroxylation is 2. The van der Waals surface area contributed by atoms with Crippen molar-refractivity contribution in [2.24, 2.45) is 0 Å². The van der Waals surface area contributed by atoms with E-state index in [0.29, 0.717) is 17.5 Å². The molecule has 1 N–H and O–H groups in total. The van der Waals surface area contributed by atoms with Crippen LogP contribution in [-0.4, -0.2) is 38.3 Å². The van der Waals surface area contributed by atoms with Crippen molar-refractivity contribution < 1.29 is 4.79 Å². The zero-order chi connectivity index (χ0) is 21.3. The van der Waals surface area contributed by atoms with Crippen LogP contribution in [0.3, 0.4) is 0 Å². The Morgan fingerprint density at radius 3 is 2.57 bits per heavy atom. The summed E-state index contributed by atoms with van der Waals surface area (Å²) < 4.78 is 1.73. The Balaban J connectivity index is 1.51. The molecular weight excluding hydrogens is 418 g/mol. The van der Waals surface area contributed by atoms with Gasteiger partial charge in [-0.15, -0.1) is 5.10 Å². The number of nitrogens with zero attached hydrogens (tertiary/aromatic N) is 4. The average Bonchev–Trinajstić information content (AvgIpc) is 3.38. The van der Waals surface area contributed by atoms with Crippen LogP contribution in [0.15, 0.2) is 29.4 Å². The zero-order valence-electron chi connectivity index (χ0n) is 17.5. The van der Waals surface area contributed by atoms with E-state index >= 15 is 0 Å². The van der Waals surface area contributed by atoms with Crippen LogP contribution in [0.4, 0.5) is 0 Å². The molecule has 2 heterocycles. The third-order valence-corrected chi connectivity index (χ3v) is 6.98. The lowest BCUT2D eigenvalue weighted by Gasteiger charge is -2.30. The highest BCUT2D eigenvalue weighted by Gasteiger charge is 2.36. The molecule has 0 aliphatic heterocycles. The Hall–Kier alpha value is -2.12. The molecule has 8 heteroatoms. The molecule has 158 valence electrons. The summed E-state index contributed by atoms with van der Waals surface area (Å²) in [6.07, 6.45) is 6.74. The number of hydrogen-bond acceptors (Lipinski definition) is 5. The number of halogens is 1. The van der Waals surface area contributed by atoms with E-state index in [-0.39, 0.29) is 17.7 Å². The van der Waals surface area contributed by atoms with Gasteiger partial charge in [0.25, 0.3) is 5.78 Å². The van der Waals surface area contributed by atoms with Crippen molar-refractivity contribution in [3.63, 3.8) is 0 Å². The van der Waals surface area contributed by atoms with Crippen LogP contribution in [0.5, 0.6) is 0 Å². The fraction of sp³-hybridized carbons (Fsp3) is 0.455. The summed E-state index contributed by atoms with van der Waals surface area (Å²) in [6.45, 7) is 4.53. The number of carbonyl (C=O) groups excluding carboxylic acids is 1. The number of thioether (sulfide) groups is 1. The molecule has 6 nitrogen and oxygen atoms in total. The Kier molecular flexibility index (Phi) is 6.02. The van der Waals surface area contributed by atoms with E-state index in [2.05, 4.69) is 32.5 Å². The Morgan fingerprint density at radius 2 is 1.90 bits per heavy atom. The van der Waals surface area contributed by atoms with Crippen molar-refractivity contribution >= 4 is 35.0 Å². The standard InChI is InChI=1S/C22H26ClN5OS/c1-14-18(15(2)28-20(25-14)26-21(27-28)30-3)12-19(29)24-13-22(10-4-5-11-22)16-6-8-17(23)9-7-16/h6-9H,4-5,10-13H2,1-3H3,(H,24,29). The van der Waals surface area contributed by atoms with Gasteiger partial charge in [-0.05, 0) is 50.6 Å². The van der Waals surface area contributed by atoms with Gasteiger partial charge < -0.3 is 5.32 Å². The number of benzene rings is 1. The summed E-state index contributed by atoms with van der Waals surface area (Å²) in [5.74, 6) is 0.582. The normalized spacial score (nSPS) is 15.6. The molecule has 1 aliphatic rings. The average molecular weight is 444 g/mol. The maximum Gasteiger partial charge on any atom is 0.253 e. The van der Waals surface area contributed by atoms with Crippen molar-refractivity contribution in [2.45, 2.75) is 56.5 Å². The van der Waals surface area contributed by atoms with Gasteiger partial charge in [0, 0.05) is 33.9 Å². The molecule has 30 heavy (non-hydrogen) atoms. The Bertz CT molecular complexity index is 1070. The quantitative estimate of drug-likeness (QED) is 0.575. The summed E-state index contributed by atoms with van der Waals surface area (Å²) >= 11 is 7.55. The highest BCUT2D eigenvalue weighted by molar-refractivity contribution is 7.98. The molecule has 0 unspecified atom stereocenters. The van der Waals surface area contributed by atoms with Gasteiger partial charge in [-0.3, -0.25) is 4.79 Å². The second kappa shape index (κ2) is 8.55. The van der Waals surface area contributed by atoms with Crippen molar-refractivity contribution in [2.75, 3.05) is 12.8 Å². The van der Waals surface area contributed by atoms with Crippen molar-refractivity contribution in [1.82, 2.24) is 24.9 Å². The lowest BCUT2D eigenvalue weighted by atomic mass is 9.79. The van der Waals surface area contributed by atoms with E-state index in [4.69, 9.17) is 11.6 Å². The van der Waals surface area contributed by atoms with Crippen LogP contribution in [0.1, 0.15) is 48.2 Å². The smallest absolute Gasteiger partial charge is 0.253 e. The van der Waals surface area contributed by atoms with Crippen molar-refractivity contribution in [3.8, 4) is 0 Å². The molecule has 1 aromatic carbocycles. The van der Waals surface area contributed by atoms with Gasteiger partial charge in [-0.25, -0.2) is 9.50 Å². The molecular formula is C22H26ClN5OS. The summed E-state index contributed by atoms with van der Waals surface area (Å²) in [5, 5.41) is 9.08. The zero-order valence-corrected chi connectivity index (χ0v) is 19.1. The minimum absolute atomic E-state index is 0.00722. The Labute approximate surface area is 185 Å². The number of nitrogens with one attached hydrogen (secondary N) is 1. The number of rotatable bonds is 6. The molecule has 4 rings (SSSR count). The first kappa shape index (κ1) is 21.1. The first-order chi connectivity index (χ1) is 14.4. The molecule has 1 saturated carbocycles. The third-order valence-electron chi connectivity index (χ3n) is 6.19. The molecule has 1 fully saturated rings. The highest BCUT2D eigenvalue weighted by Crippen LogP contribution is 2.41. The summed E-state index contributed by atoms with van der Waals surface area (Å²) in [5.41, 5.74) is 3.89. The molecule has 0 bridgehead atoms. The van der Waals surface area contributed by atoms with Crippen LogP contribution in [0.2, 0.25) is 5.02 Å². The number of amides is 1. The van der Waals surface area contributed by atoms with Crippen LogP contribution in [0.25, 0.3) is 5.78 Å².